The average Bonchev–Trinajstić information content (AvgIpc) is 2.98. The molecule has 0 N–H and O–H groups in total. The largest absolute Gasteiger partial charge is 0.378 e. The van der Waals surface area contributed by atoms with Crippen LogP contribution < -0.4 is 0 Å². The van der Waals surface area contributed by atoms with E-state index in [1.54, 1.807) is 0 Å². The Morgan fingerprint density at radius 1 is 1.15 bits per heavy atom. The van der Waals surface area contributed by atoms with E-state index in [-0.39, 0.29) is 0 Å². The van der Waals surface area contributed by atoms with Crippen LogP contribution in [0.2, 0.25) is 0 Å². The van der Waals surface area contributed by atoms with Crippen LogP contribution in [-0.2, 0) is 16.0 Å². The number of carbonyl (C=O) groups is 1. The maximum absolute atomic E-state index is 12.0. The first kappa shape index (κ1) is 13.3. The first-order valence-corrected chi connectivity index (χ1v) is 7.42. The molecule has 2 heteroatoms. The van der Waals surface area contributed by atoms with Gasteiger partial charge in [-0.1, -0.05) is 42.5 Å². The normalized spacial score (nSPS) is 18.5. The lowest BCUT2D eigenvalue weighted by atomic mass is 10.0. The smallest absolute Gasteiger partial charge is 0.137 e. The molecule has 20 heavy (non-hydrogen) atoms. The lowest BCUT2D eigenvalue weighted by Crippen LogP contribution is -2.10. The van der Waals surface area contributed by atoms with Gasteiger partial charge in [-0.25, -0.2) is 0 Å². The zero-order valence-electron chi connectivity index (χ0n) is 11.7. The summed E-state index contributed by atoms with van der Waals surface area (Å²) >= 11 is 0. The van der Waals surface area contributed by atoms with Gasteiger partial charge in [-0.3, -0.25) is 4.79 Å². The Kier molecular flexibility index (Phi) is 4.12. The van der Waals surface area contributed by atoms with Crippen LogP contribution in [0.5, 0.6) is 0 Å². The van der Waals surface area contributed by atoms with E-state index in [0.29, 0.717) is 24.7 Å². The van der Waals surface area contributed by atoms with E-state index >= 15 is 0 Å². The van der Waals surface area contributed by atoms with E-state index in [1.807, 2.05) is 12.1 Å². The highest BCUT2D eigenvalue weighted by molar-refractivity contribution is 5.86. The molecule has 2 nitrogen and oxygen atoms in total. The highest BCUT2D eigenvalue weighted by atomic mass is 16.5. The maximum Gasteiger partial charge on any atom is 0.137 e. The van der Waals surface area contributed by atoms with Crippen LogP contribution in [0.15, 0.2) is 42.5 Å². The summed E-state index contributed by atoms with van der Waals surface area (Å²) in [6, 6.07) is 14.5. The van der Waals surface area contributed by atoms with Gasteiger partial charge in [0.1, 0.15) is 5.78 Å². The summed E-state index contributed by atoms with van der Waals surface area (Å²) in [7, 11) is 0. The molecule has 0 amide bonds. The Morgan fingerprint density at radius 2 is 2.00 bits per heavy atom. The summed E-state index contributed by atoms with van der Waals surface area (Å²) in [5, 5.41) is 2.43. The highest BCUT2D eigenvalue weighted by Gasteiger charge is 2.16. The molecule has 1 aliphatic rings. The second-order valence-electron chi connectivity index (χ2n) is 5.57. The van der Waals surface area contributed by atoms with Crippen molar-refractivity contribution in [3.8, 4) is 0 Å². The number of fused-ring (bicyclic) bond motifs is 1. The van der Waals surface area contributed by atoms with Crippen molar-refractivity contribution in [2.24, 2.45) is 0 Å². The zero-order chi connectivity index (χ0) is 13.8. The van der Waals surface area contributed by atoms with Gasteiger partial charge in [0.15, 0.2) is 0 Å². The highest BCUT2D eigenvalue weighted by Crippen LogP contribution is 2.19. The van der Waals surface area contributed by atoms with Crippen LogP contribution in [-0.4, -0.2) is 18.5 Å². The lowest BCUT2D eigenvalue weighted by molar-refractivity contribution is -0.119. The molecule has 1 saturated heterocycles. The zero-order valence-corrected chi connectivity index (χ0v) is 11.7. The molecule has 1 heterocycles. The number of rotatable bonds is 5. The monoisotopic (exact) mass is 268 g/mol. The van der Waals surface area contributed by atoms with Crippen molar-refractivity contribution >= 4 is 16.6 Å². The Bertz CT molecular complexity index is 597. The van der Waals surface area contributed by atoms with E-state index in [9.17, 15) is 4.79 Å². The number of carbonyl (C=O) groups excluding carboxylic acids is 1. The summed E-state index contributed by atoms with van der Waals surface area (Å²) in [5.74, 6) is 0.316. The minimum atomic E-state index is 0.315. The molecule has 1 unspecified atom stereocenters. The molecule has 1 aliphatic heterocycles. The van der Waals surface area contributed by atoms with Gasteiger partial charge in [0.2, 0.25) is 0 Å². The van der Waals surface area contributed by atoms with Gasteiger partial charge in [0.05, 0.1) is 6.10 Å². The molecule has 1 fully saturated rings. The van der Waals surface area contributed by atoms with Crippen LogP contribution in [0.4, 0.5) is 0 Å². The molecular weight excluding hydrogens is 248 g/mol. The van der Waals surface area contributed by atoms with E-state index in [4.69, 9.17) is 4.74 Å². The second kappa shape index (κ2) is 6.19. The summed E-state index contributed by atoms with van der Waals surface area (Å²) in [6.07, 6.45) is 4.63. The third-order valence-electron chi connectivity index (χ3n) is 3.98. The quantitative estimate of drug-likeness (QED) is 0.821. The predicted molar refractivity (Wildman–Crippen MR) is 80.9 cm³/mol. The number of benzene rings is 2. The SMILES string of the molecule is O=C(CCC1CCCO1)Cc1ccc2ccccc2c1. The summed E-state index contributed by atoms with van der Waals surface area (Å²) < 4.78 is 5.56. The van der Waals surface area contributed by atoms with Crippen molar-refractivity contribution < 1.29 is 9.53 Å². The third kappa shape index (κ3) is 3.26. The molecule has 0 saturated carbocycles. The van der Waals surface area contributed by atoms with Gasteiger partial charge in [-0.15, -0.1) is 0 Å². The fourth-order valence-electron chi connectivity index (χ4n) is 2.86. The second-order valence-corrected chi connectivity index (χ2v) is 5.57. The fourth-order valence-corrected chi connectivity index (χ4v) is 2.86. The molecule has 2 aromatic rings. The lowest BCUT2D eigenvalue weighted by Gasteiger charge is -2.08. The van der Waals surface area contributed by atoms with Gasteiger partial charge in [0, 0.05) is 19.4 Å². The molecule has 0 spiro atoms. The standard InChI is InChI=1S/C18H20O2/c19-17(9-10-18-6-3-11-20-18)13-14-7-8-15-4-1-2-5-16(15)12-14/h1-2,4-5,7-8,12,18H,3,6,9-11,13H2. The van der Waals surface area contributed by atoms with E-state index in [1.165, 1.54) is 10.8 Å². The molecule has 0 aliphatic carbocycles. The van der Waals surface area contributed by atoms with E-state index in [0.717, 1.165) is 31.4 Å². The van der Waals surface area contributed by atoms with Crippen LogP contribution in [0, 0.1) is 0 Å². The van der Waals surface area contributed by atoms with E-state index in [2.05, 4.69) is 30.3 Å². The molecule has 104 valence electrons. The topological polar surface area (TPSA) is 26.3 Å². The Hall–Kier alpha value is -1.67. The van der Waals surface area contributed by atoms with Crippen molar-refractivity contribution in [1.82, 2.24) is 0 Å². The van der Waals surface area contributed by atoms with Gasteiger partial charge >= 0.3 is 0 Å². The molecule has 1 atom stereocenters. The summed E-state index contributed by atoms with van der Waals surface area (Å²) in [6.45, 7) is 0.865. The maximum atomic E-state index is 12.0. The van der Waals surface area contributed by atoms with Crippen LogP contribution in [0.25, 0.3) is 10.8 Å². The molecule has 0 bridgehead atoms. The van der Waals surface area contributed by atoms with Gasteiger partial charge in [-0.05, 0) is 35.6 Å². The number of Topliss-reactive ketones (excluding diaryl/α,β-unsaturated/α-hetero) is 1. The molecule has 3 rings (SSSR count). The third-order valence-corrected chi connectivity index (χ3v) is 3.98. The van der Waals surface area contributed by atoms with Gasteiger partial charge < -0.3 is 4.74 Å². The minimum Gasteiger partial charge on any atom is -0.378 e. The van der Waals surface area contributed by atoms with Crippen molar-refractivity contribution in [3.63, 3.8) is 0 Å². The number of ether oxygens (including phenoxy) is 1. The van der Waals surface area contributed by atoms with Crippen molar-refractivity contribution in [2.75, 3.05) is 6.61 Å². The van der Waals surface area contributed by atoms with Crippen molar-refractivity contribution in [1.29, 1.82) is 0 Å². The minimum absolute atomic E-state index is 0.315. The van der Waals surface area contributed by atoms with Crippen LogP contribution in [0.1, 0.15) is 31.2 Å². The summed E-state index contributed by atoms with van der Waals surface area (Å²) in [5.41, 5.74) is 1.11. The van der Waals surface area contributed by atoms with Crippen LogP contribution >= 0.6 is 0 Å². The number of ketones is 1. The Labute approximate surface area is 119 Å². The van der Waals surface area contributed by atoms with Gasteiger partial charge in [-0.2, -0.15) is 0 Å². The fraction of sp³-hybridized carbons (Fsp3) is 0.389. The first-order chi connectivity index (χ1) is 9.81. The molecular formula is C18H20O2. The number of hydrogen-bond acceptors (Lipinski definition) is 2. The van der Waals surface area contributed by atoms with E-state index < -0.39 is 0 Å². The van der Waals surface area contributed by atoms with Crippen LogP contribution in [0.3, 0.4) is 0 Å². The van der Waals surface area contributed by atoms with Crippen molar-refractivity contribution in [2.45, 2.75) is 38.2 Å². The Morgan fingerprint density at radius 3 is 2.80 bits per heavy atom. The average molecular weight is 268 g/mol. The first-order valence-electron chi connectivity index (χ1n) is 7.42. The summed E-state index contributed by atoms with van der Waals surface area (Å²) in [4.78, 5) is 12.0. The molecule has 0 radical (unpaired) electrons. The van der Waals surface area contributed by atoms with Crippen molar-refractivity contribution in [3.05, 3.63) is 48.0 Å². The Balaban J connectivity index is 1.59. The van der Waals surface area contributed by atoms with Gasteiger partial charge in [0.25, 0.3) is 0 Å². The number of hydrogen-bond donors (Lipinski definition) is 0. The predicted octanol–water partition coefficient (Wildman–Crippen LogP) is 3.91. The molecule has 0 aromatic heterocycles. The molecule has 2 aromatic carbocycles.